The monoisotopic (exact) mass is 526 g/mol. The molecule has 7 heteroatoms. The number of hydrogen-bond acceptors (Lipinski definition) is 5. The lowest BCUT2D eigenvalue weighted by Gasteiger charge is -2.38. The molecule has 2 N–H and O–H groups in total. The number of nitrogens with zero attached hydrogens (tertiary/aromatic N) is 2. The minimum absolute atomic E-state index is 0.00955. The van der Waals surface area contributed by atoms with Crippen molar-refractivity contribution in [3.63, 3.8) is 0 Å². The third kappa shape index (κ3) is 6.03. The van der Waals surface area contributed by atoms with Gasteiger partial charge in [0.2, 0.25) is 5.91 Å². The van der Waals surface area contributed by atoms with Gasteiger partial charge in [0.05, 0.1) is 18.4 Å². The first-order valence-corrected chi connectivity index (χ1v) is 13.9. The van der Waals surface area contributed by atoms with Crippen molar-refractivity contribution in [2.45, 2.75) is 38.6 Å². The van der Waals surface area contributed by atoms with E-state index < -0.39 is 0 Å². The van der Waals surface area contributed by atoms with Gasteiger partial charge in [-0.15, -0.1) is 0 Å². The van der Waals surface area contributed by atoms with Crippen molar-refractivity contribution in [1.82, 2.24) is 5.32 Å². The van der Waals surface area contributed by atoms with Crippen LogP contribution < -0.4 is 25.2 Å². The molecule has 0 aromatic heterocycles. The van der Waals surface area contributed by atoms with Crippen LogP contribution in [0.2, 0.25) is 0 Å². The zero-order valence-electron chi connectivity index (χ0n) is 23.0. The summed E-state index contributed by atoms with van der Waals surface area (Å²) in [6.45, 7) is 7.23. The van der Waals surface area contributed by atoms with Crippen LogP contribution in [-0.4, -0.2) is 51.1 Å². The number of para-hydroxylation sites is 2. The minimum Gasteiger partial charge on any atom is -0.495 e. The van der Waals surface area contributed by atoms with Crippen LogP contribution in [-0.2, 0) is 4.79 Å². The zero-order valence-corrected chi connectivity index (χ0v) is 23.0. The molecule has 3 atom stereocenters. The highest BCUT2D eigenvalue weighted by Gasteiger charge is 2.43. The van der Waals surface area contributed by atoms with Gasteiger partial charge >= 0.3 is 0 Å². The van der Waals surface area contributed by atoms with Crippen LogP contribution in [0, 0.1) is 5.92 Å². The Hall–Kier alpha value is -4.00. The van der Waals surface area contributed by atoms with Gasteiger partial charge in [-0.2, -0.15) is 0 Å². The summed E-state index contributed by atoms with van der Waals surface area (Å²) in [6.07, 6.45) is 1.70. The number of carbonyl (C=O) groups is 2. The summed E-state index contributed by atoms with van der Waals surface area (Å²) in [4.78, 5) is 31.0. The van der Waals surface area contributed by atoms with E-state index in [1.165, 1.54) is 5.56 Å². The van der Waals surface area contributed by atoms with E-state index in [0.29, 0.717) is 11.3 Å². The number of nitrogens with one attached hydrogen (secondary N) is 2. The van der Waals surface area contributed by atoms with E-state index in [2.05, 4.69) is 45.6 Å². The average molecular weight is 527 g/mol. The Balaban J connectivity index is 1.31. The van der Waals surface area contributed by atoms with Crippen molar-refractivity contribution in [2.75, 3.05) is 48.4 Å². The van der Waals surface area contributed by atoms with Crippen LogP contribution in [0.5, 0.6) is 5.75 Å². The van der Waals surface area contributed by atoms with Gasteiger partial charge in [-0.05, 0) is 61.6 Å². The minimum atomic E-state index is -0.115. The van der Waals surface area contributed by atoms with Crippen molar-refractivity contribution in [3.05, 3.63) is 83.9 Å². The van der Waals surface area contributed by atoms with Crippen LogP contribution in [0.4, 0.5) is 17.1 Å². The first-order chi connectivity index (χ1) is 19.0. The molecule has 1 heterocycles. The van der Waals surface area contributed by atoms with E-state index >= 15 is 0 Å². The number of amides is 2. The predicted octanol–water partition coefficient (Wildman–Crippen LogP) is 5.29. The molecule has 5 rings (SSSR count). The van der Waals surface area contributed by atoms with Gasteiger partial charge in [0, 0.05) is 49.5 Å². The lowest BCUT2D eigenvalue weighted by Crippen LogP contribution is -2.47. The predicted molar refractivity (Wildman–Crippen MR) is 157 cm³/mol. The molecule has 204 valence electrons. The summed E-state index contributed by atoms with van der Waals surface area (Å²) in [7, 11) is 1.70. The summed E-state index contributed by atoms with van der Waals surface area (Å²) in [5, 5.41) is 6.19. The Morgan fingerprint density at radius 3 is 2.28 bits per heavy atom. The Morgan fingerprint density at radius 1 is 0.923 bits per heavy atom. The van der Waals surface area contributed by atoms with Crippen LogP contribution in [0.3, 0.4) is 0 Å². The lowest BCUT2D eigenvalue weighted by atomic mass is 10.1. The summed E-state index contributed by atoms with van der Waals surface area (Å²) >= 11 is 0. The lowest BCUT2D eigenvalue weighted by molar-refractivity contribution is -0.117. The first-order valence-electron chi connectivity index (χ1n) is 13.9. The number of piperazine rings is 1. The molecule has 1 saturated heterocycles. The van der Waals surface area contributed by atoms with Gasteiger partial charge in [-0.3, -0.25) is 9.59 Å². The second-order valence-corrected chi connectivity index (χ2v) is 10.5. The molecule has 1 aliphatic carbocycles. The fraction of sp³-hybridized carbons (Fsp3) is 0.375. The summed E-state index contributed by atoms with van der Waals surface area (Å²) in [5.74, 6) is 0.988. The molecule has 3 aromatic rings. The van der Waals surface area contributed by atoms with Gasteiger partial charge in [0.15, 0.2) is 0 Å². The fourth-order valence-electron chi connectivity index (χ4n) is 5.34. The number of benzene rings is 3. The molecule has 0 spiro atoms. The normalized spacial score (nSPS) is 19.3. The SMILES string of the molecule is CCC(C)NC(=O)c1cc(NC(=O)C2CC2c2ccccc2)ccc1N1CCN(c2ccccc2OC)CC1. The molecular weight excluding hydrogens is 488 g/mol. The summed E-state index contributed by atoms with van der Waals surface area (Å²) in [6, 6.07) is 24.0. The zero-order chi connectivity index (χ0) is 27.4. The summed E-state index contributed by atoms with van der Waals surface area (Å²) < 4.78 is 5.56. The van der Waals surface area contributed by atoms with E-state index in [1.807, 2.05) is 61.5 Å². The number of rotatable bonds is 9. The Kier molecular flexibility index (Phi) is 8.05. The Bertz CT molecular complexity index is 1300. The number of hydrogen-bond donors (Lipinski definition) is 2. The number of carbonyl (C=O) groups excluding carboxylic acids is 2. The highest BCUT2D eigenvalue weighted by atomic mass is 16.5. The maximum atomic E-state index is 13.4. The number of methoxy groups -OCH3 is 1. The van der Waals surface area contributed by atoms with E-state index in [9.17, 15) is 9.59 Å². The average Bonchev–Trinajstić information content (AvgIpc) is 3.79. The van der Waals surface area contributed by atoms with E-state index in [4.69, 9.17) is 4.74 Å². The van der Waals surface area contributed by atoms with E-state index in [1.54, 1.807) is 7.11 Å². The Labute approximate surface area is 231 Å². The van der Waals surface area contributed by atoms with E-state index in [0.717, 1.165) is 56.1 Å². The largest absolute Gasteiger partial charge is 0.495 e. The molecule has 1 saturated carbocycles. The van der Waals surface area contributed by atoms with Crippen LogP contribution in [0.1, 0.15) is 48.5 Å². The maximum Gasteiger partial charge on any atom is 0.253 e. The van der Waals surface area contributed by atoms with Gasteiger partial charge in [-0.1, -0.05) is 49.4 Å². The van der Waals surface area contributed by atoms with Crippen molar-refractivity contribution in [1.29, 1.82) is 0 Å². The standard InChI is InChI=1S/C32H38N4O3/c1-4-22(2)33-32(38)27-20-24(34-31(37)26-21-25(26)23-10-6-5-7-11-23)14-15-28(27)35-16-18-36(19-17-35)29-12-8-9-13-30(29)39-3/h5-15,20,22,25-26H,4,16-19,21H2,1-3H3,(H,33,38)(H,34,37). The number of anilines is 3. The Morgan fingerprint density at radius 2 is 1.59 bits per heavy atom. The quantitative estimate of drug-likeness (QED) is 0.396. The molecule has 2 aliphatic rings. The fourth-order valence-corrected chi connectivity index (χ4v) is 5.34. The third-order valence-electron chi connectivity index (χ3n) is 7.90. The van der Waals surface area contributed by atoms with Crippen molar-refractivity contribution >= 4 is 28.9 Å². The third-order valence-corrected chi connectivity index (χ3v) is 7.90. The van der Waals surface area contributed by atoms with E-state index in [-0.39, 0.29) is 29.7 Å². The maximum absolute atomic E-state index is 13.4. The van der Waals surface area contributed by atoms with Crippen molar-refractivity contribution in [2.24, 2.45) is 5.92 Å². The van der Waals surface area contributed by atoms with Gasteiger partial charge in [0.1, 0.15) is 5.75 Å². The van der Waals surface area contributed by atoms with Crippen molar-refractivity contribution < 1.29 is 14.3 Å². The van der Waals surface area contributed by atoms with Gasteiger partial charge in [0.25, 0.3) is 5.91 Å². The molecule has 2 fully saturated rings. The molecule has 3 aromatic carbocycles. The molecular formula is C32H38N4O3. The van der Waals surface area contributed by atoms with Gasteiger partial charge < -0.3 is 25.2 Å². The topological polar surface area (TPSA) is 73.9 Å². The molecule has 0 bridgehead atoms. The highest BCUT2D eigenvalue weighted by Crippen LogP contribution is 2.48. The smallest absolute Gasteiger partial charge is 0.253 e. The molecule has 39 heavy (non-hydrogen) atoms. The first kappa shape index (κ1) is 26.6. The summed E-state index contributed by atoms with van der Waals surface area (Å²) in [5.41, 5.74) is 4.43. The second kappa shape index (κ2) is 11.8. The molecule has 3 unspecified atom stereocenters. The van der Waals surface area contributed by atoms with Gasteiger partial charge in [-0.25, -0.2) is 0 Å². The second-order valence-electron chi connectivity index (χ2n) is 10.5. The van der Waals surface area contributed by atoms with Crippen LogP contribution >= 0.6 is 0 Å². The number of ether oxygens (including phenoxy) is 1. The molecule has 2 amide bonds. The molecule has 7 nitrogen and oxygen atoms in total. The van der Waals surface area contributed by atoms with Crippen LogP contribution in [0.25, 0.3) is 0 Å². The highest BCUT2D eigenvalue weighted by molar-refractivity contribution is 6.03. The van der Waals surface area contributed by atoms with Crippen LogP contribution in [0.15, 0.2) is 72.8 Å². The molecule has 0 radical (unpaired) electrons. The van der Waals surface area contributed by atoms with Crippen molar-refractivity contribution in [3.8, 4) is 5.75 Å². The molecule has 1 aliphatic heterocycles.